The fraction of sp³-hybridized carbons (Fsp3) is 0. The molecule has 0 saturated carbocycles. The number of ether oxygens (including phenoxy) is 1. The van der Waals surface area contributed by atoms with E-state index in [2.05, 4.69) is 15.2 Å². The third-order valence-electron chi connectivity index (χ3n) is 3.84. The Kier molecular flexibility index (Phi) is 3.91. The Bertz CT molecular complexity index is 1180. The highest BCUT2D eigenvalue weighted by Crippen LogP contribution is 2.34. The van der Waals surface area contributed by atoms with E-state index >= 15 is 0 Å². The van der Waals surface area contributed by atoms with E-state index in [1.54, 1.807) is 0 Å². The normalized spacial score (nSPS) is 11.1. The molecule has 0 radical (unpaired) electrons. The maximum absolute atomic E-state index is 14.1. The van der Waals surface area contributed by atoms with Crippen LogP contribution in [0, 0.1) is 23.3 Å². The minimum Gasteiger partial charge on any atom is -0.436 e. The average molecular weight is 374 g/mol. The average Bonchev–Trinajstić information content (AvgIpc) is 3.04. The number of rotatable bonds is 3. The third kappa shape index (κ3) is 3.03. The Labute approximate surface area is 149 Å². The van der Waals surface area contributed by atoms with Gasteiger partial charge in [-0.15, -0.1) is 0 Å². The Morgan fingerprint density at radius 3 is 2.41 bits per heavy atom. The lowest BCUT2D eigenvalue weighted by atomic mass is 10.1. The van der Waals surface area contributed by atoms with Crippen LogP contribution in [0.25, 0.3) is 22.3 Å². The molecule has 0 aliphatic heterocycles. The molecule has 5 nitrogen and oxygen atoms in total. The second-order valence-electron chi connectivity index (χ2n) is 5.65. The second-order valence-corrected chi connectivity index (χ2v) is 5.65. The molecule has 0 saturated heterocycles. The number of aromatic amines is 1. The van der Waals surface area contributed by atoms with Crippen molar-refractivity contribution >= 4 is 16.7 Å². The smallest absolute Gasteiger partial charge is 0.223 e. The Morgan fingerprint density at radius 1 is 0.889 bits per heavy atom. The lowest BCUT2D eigenvalue weighted by Crippen LogP contribution is -1.96. The minimum absolute atomic E-state index is 0.0613. The van der Waals surface area contributed by atoms with Crippen molar-refractivity contribution in [2.24, 2.45) is 0 Å². The van der Waals surface area contributed by atoms with E-state index in [0.29, 0.717) is 6.07 Å². The van der Waals surface area contributed by atoms with Crippen LogP contribution in [0.1, 0.15) is 0 Å². The van der Waals surface area contributed by atoms with E-state index in [9.17, 15) is 17.6 Å². The number of hydrogen-bond donors (Lipinski definition) is 2. The molecule has 2 heterocycles. The largest absolute Gasteiger partial charge is 0.436 e. The lowest BCUT2D eigenvalue weighted by molar-refractivity contribution is 0.425. The maximum atomic E-state index is 14.1. The Balaban J connectivity index is 1.79. The van der Waals surface area contributed by atoms with Crippen molar-refractivity contribution < 1.29 is 22.3 Å². The number of nitrogens with two attached hydrogens (primary N) is 1. The summed E-state index contributed by atoms with van der Waals surface area (Å²) < 4.78 is 59.6. The van der Waals surface area contributed by atoms with Crippen LogP contribution in [-0.4, -0.2) is 15.2 Å². The monoisotopic (exact) mass is 374 g/mol. The van der Waals surface area contributed by atoms with E-state index in [1.807, 2.05) is 0 Å². The van der Waals surface area contributed by atoms with Gasteiger partial charge in [-0.05, 0) is 30.3 Å². The van der Waals surface area contributed by atoms with Gasteiger partial charge in [0, 0.05) is 17.7 Å². The Morgan fingerprint density at radius 2 is 1.63 bits per heavy atom. The Hall–Kier alpha value is -3.62. The predicted molar refractivity (Wildman–Crippen MR) is 90.1 cm³/mol. The quantitative estimate of drug-likeness (QED) is 0.516. The van der Waals surface area contributed by atoms with Crippen LogP contribution in [0.2, 0.25) is 0 Å². The molecule has 2 aromatic carbocycles. The number of nitrogens with zero attached hydrogens (tertiary/aromatic N) is 2. The summed E-state index contributed by atoms with van der Waals surface area (Å²) in [6.45, 7) is 0. The van der Waals surface area contributed by atoms with Gasteiger partial charge < -0.3 is 10.5 Å². The number of halogens is 4. The molecule has 9 heteroatoms. The zero-order valence-electron chi connectivity index (χ0n) is 13.4. The number of anilines is 1. The number of pyridine rings is 1. The van der Waals surface area contributed by atoms with Crippen LogP contribution in [0.3, 0.4) is 0 Å². The van der Waals surface area contributed by atoms with Crippen molar-refractivity contribution in [1.29, 1.82) is 0 Å². The standard InChI is InChI=1S/C18H10F4N4O/c19-8-1-3-11(21)10(5-8)17-16-13(23)7-15(24-18(16)26-25-17)27-14-4-2-9(20)6-12(14)22/h1-7H,(H3,23,24,25,26). The van der Waals surface area contributed by atoms with Gasteiger partial charge >= 0.3 is 0 Å². The van der Waals surface area contributed by atoms with Crippen molar-refractivity contribution in [2.45, 2.75) is 0 Å². The van der Waals surface area contributed by atoms with E-state index < -0.39 is 23.3 Å². The first-order valence-corrected chi connectivity index (χ1v) is 7.65. The molecule has 0 bridgehead atoms. The molecule has 4 rings (SSSR count). The highest BCUT2D eigenvalue weighted by molar-refractivity contribution is 5.99. The van der Waals surface area contributed by atoms with Gasteiger partial charge in [0.2, 0.25) is 5.88 Å². The zero-order chi connectivity index (χ0) is 19.1. The van der Waals surface area contributed by atoms with Crippen LogP contribution in [0.5, 0.6) is 11.6 Å². The zero-order valence-corrected chi connectivity index (χ0v) is 13.4. The molecular formula is C18H10F4N4O. The van der Waals surface area contributed by atoms with Gasteiger partial charge in [-0.25, -0.2) is 17.6 Å². The summed E-state index contributed by atoms with van der Waals surface area (Å²) in [6, 6.07) is 7.04. The topological polar surface area (TPSA) is 76.8 Å². The molecule has 0 amide bonds. The van der Waals surface area contributed by atoms with Crippen molar-refractivity contribution in [3.8, 4) is 22.9 Å². The highest BCUT2D eigenvalue weighted by Gasteiger charge is 2.18. The fourth-order valence-electron chi connectivity index (χ4n) is 2.64. The number of fused-ring (bicyclic) bond motifs is 1. The maximum Gasteiger partial charge on any atom is 0.223 e. The van der Waals surface area contributed by atoms with Gasteiger partial charge in [0.15, 0.2) is 17.2 Å². The van der Waals surface area contributed by atoms with Gasteiger partial charge in [-0.3, -0.25) is 5.10 Å². The second kappa shape index (κ2) is 6.27. The molecular weight excluding hydrogens is 364 g/mol. The van der Waals surface area contributed by atoms with Crippen LogP contribution >= 0.6 is 0 Å². The molecule has 0 spiro atoms. The number of nitrogen functional groups attached to an aromatic ring is 1. The number of aromatic nitrogens is 3. The first kappa shape index (κ1) is 16.8. The molecule has 0 fully saturated rings. The number of nitrogens with one attached hydrogen (secondary N) is 1. The van der Waals surface area contributed by atoms with Gasteiger partial charge in [-0.2, -0.15) is 10.1 Å². The number of H-pyrrole nitrogens is 1. The summed E-state index contributed by atoms with van der Waals surface area (Å²) >= 11 is 0. The van der Waals surface area contributed by atoms with Crippen LogP contribution in [0.15, 0.2) is 42.5 Å². The molecule has 27 heavy (non-hydrogen) atoms. The molecule has 0 atom stereocenters. The summed E-state index contributed by atoms with van der Waals surface area (Å²) in [5.41, 5.74) is 6.24. The SMILES string of the molecule is Nc1cc(Oc2ccc(F)cc2F)nc2n[nH]c(-c3cc(F)ccc3F)c12. The molecule has 2 aromatic heterocycles. The lowest BCUT2D eigenvalue weighted by Gasteiger charge is -2.08. The summed E-state index contributed by atoms with van der Waals surface area (Å²) in [6.07, 6.45) is 0. The van der Waals surface area contributed by atoms with Crippen molar-refractivity contribution in [2.75, 3.05) is 5.73 Å². The van der Waals surface area contributed by atoms with Crippen LogP contribution in [-0.2, 0) is 0 Å². The molecule has 3 N–H and O–H groups in total. The summed E-state index contributed by atoms with van der Waals surface area (Å²) in [7, 11) is 0. The summed E-state index contributed by atoms with van der Waals surface area (Å²) in [4.78, 5) is 4.07. The van der Waals surface area contributed by atoms with Crippen molar-refractivity contribution in [3.63, 3.8) is 0 Å². The first-order valence-electron chi connectivity index (χ1n) is 7.65. The molecule has 4 aromatic rings. The fourth-order valence-corrected chi connectivity index (χ4v) is 2.64. The van der Waals surface area contributed by atoms with Crippen molar-refractivity contribution in [3.05, 3.63) is 65.7 Å². The molecule has 0 unspecified atom stereocenters. The predicted octanol–water partition coefficient (Wildman–Crippen LogP) is 4.56. The summed E-state index contributed by atoms with van der Waals surface area (Å²) in [5, 5.41) is 6.75. The number of hydrogen-bond acceptors (Lipinski definition) is 4. The van der Waals surface area contributed by atoms with E-state index in [4.69, 9.17) is 10.5 Å². The third-order valence-corrected chi connectivity index (χ3v) is 3.84. The summed E-state index contributed by atoms with van der Waals surface area (Å²) in [5.74, 6) is -3.32. The highest BCUT2D eigenvalue weighted by atomic mass is 19.1. The number of benzene rings is 2. The van der Waals surface area contributed by atoms with E-state index in [1.165, 1.54) is 6.07 Å². The van der Waals surface area contributed by atoms with Crippen molar-refractivity contribution in [1.82, 2.24) is 15.2 Å². The van der Waals surface area contributed by atoms with Gasteiger partial charge in [0.1, 0.15) is 17.5 Å². The molecule has 0 aliphatic carbocycles. The van der Waals surface area contributed by atoms with E-state index in [0.717, 1.165) is 30.3 Å². The molecule has 136 valence electrons. The van der Waals surface area contributed by atoms with E-state index in [-0.39, 0.29) is 39.6 Å². The van der Waals surface area contributed by atoms with Gasteiger partial charge in [0.05, 0.1) is 16.8 Å². The van der Waals surface area contributed by atoms with Crippen LogP contribution < -0.4 is 10.5 Å². The molecule has 0 aliphatic rings. The van der Waals surface area contributed by atoms with Gasteiger partial charge in [0.25, 0.3) is 0 Å². The minimum atomic E-state index is -0.917. The van der Waals surface area contributed by atoms with Crippen LogP contribution in [0.4, 0.5) is 23.2 Å². The van der Waals surface area contributed by atoms with Gasteiger partial charge in [-0.1, -0.05) is 0 Å². The first-order chi connectivity index (χ1) is 12.9.